The maximum Gasteiger partial charge on any atom is 0.110 e. The molecule has 0 radical (unpaired) electrons. The van der Waals surface area contributed by atoms with E-state index >= 15 is 0 Å². The third-order valence-electron chi connectivity index (χ3n) is 3.84. The first kappa shape index (κ1) is 14.3. The van der Waals surface area contributed by atoms with Crippen molar-refractivity contribution in [3.05, 3.63) is 16.1 Å². The Morgan fingerprint density at radius 1 is 1.50 bits per heavy atom. The quantitative estimate of drug-likeness (QED) is 0.794. The van der Waals surface area contributed by atoms with E-state index in [-0.39, 0.29) is 0 Å². The molecule has 0 bridgehead atoms. The lowest BCUT2D eigenvalue weighted by molar-refractivity contribution is 0.114. The molecule has 2 rings (SSSR count). The molecule has 1 aliphatic rings. The van der Waals surface area contributed by atoms with Crippen molar-refractivity contribution in [1.82, 2.24) is 14.8 Å². The molecular formula is C13H22ClN3S. The molecule has 2 heterocycles. The predicted octanol–water partition coefficient (Wildman–Crippen LogP) is 2.97. The summed E-state index contributed by atoms with van der Waals surface area (Å²) in [5.41, 5.74) is 1.01. The van der Waals surface area contributed by atoms with Gasteiger partial charge in [0.1, 0.15) is 5.01 Å². The molecule has 0 saturated carbocycles. The molecule has 0 aliphatic carbocycles. The zero-order valence-corrected chi connectivity index (χ0v) is 13.0. The minimum absolute atomic E-state index is 0.426. The number of aromatic nitrogens is 1. The van der Waals surface area contributed by atoms with Gasteiger partial charge in [-0.3, -0.25) is 4.90 Å². The summed E-state index contributed by atoms with van der Waals surface area (Å²) in [5, 5.41) is 3.28. The van der Waals surface area contributed by atoms with Crippen LogP contribution in [0.15, 0.2) is 5.38 Å². The van der Waals surface area contributed by atoms with E-state index in [0.717, 1.165) is 11.7 Å². The Morgan fingerprint density at radius 2 is 2.17 bits per heavy atom. The van der Waals surface area contributed by atoms with Gasteiger partial charge in [-0.25, -0.2) is 4.98 Å². The van der Waals surface area contributed by atoms with Crippen molar-refractivity contribution in [3.63, 3.8) is 0 Å². The Bertz CT molecular complexity index is 372. The van der Waals surface area contributed by atoms with Crippen molar-refractivity contribution in [2.75, 3.05) is 27.2 Å². The fourth-order valence-corrected chi connectivity index (χ4v) is 3.66. The average molecular weight is 288 g/mol. The monoisotopic (exact) mass is 287 g/mol. The number of hydrogen-bond acceptors (Lipinski definition) is 4. The highest BCUT2D eigenvalue weighted by molar-refractivity contribution is 7.09. The second-order valence-corrected chi connectivity index (χ2v) is 6.37. The third kappa shape index (κ3) is 3.23. The van der Waals surface area contributed by atoms with Crippen LogP contribution in [0.5, 0.6) is 0 Å². The minimum Gasteiger partial charge on any atom is -0.306 e. The van der Waals surface area contributed by atoms with Crippen molar-refractivity contribution < 1.29 is 0 Å². The number of halogens is 1. The summed E-state index contributed by atoms with van der Waals surface area (Å²) in [5.74, 6) is 0.520. The Hall–Kier alpha value is -0.160. The fraction of sp³-hybridized carbons (Fsp3) is 0.769. The molecule has 1 unspecified atom stereocenters. The molecular weight excluding hydrogens is 266 g/mol. The molecule has 0 N–H and O–H groups in total. The van der Waals surface area contributed by atoms with Gasteiger partial charge < -0.3 is 4.90 Å². The van der Waals surface area contributed by atoms with E-state index in [4.69, 9.17) is 11.6 Å². The Kier molecular flexibility index (Phi) is 5.01. The molecule has 1 fully saturated rings. The number of hydrogen-bond donors (Lipinski definition) is 0. The number of nitrogens with zero attached hydrogens (tertiary/aromatic N) is 3. The van der Waals surface area contributed by atoms with E-state index < -0.39 is 0 Å². The predicted molar refractivity (Wildman–Crippen MR) is 78.4 cm³/mol. The van der Waals surface area contributed by atoms with Crippen molar-refractivity contribution in [1.29, 1.82) is 0 Å². The molecule has 18 heavy (non-hydrogen) atoms. The Labute approximate surface area is 119 Å². The van der Waals surface area contributed by atoms with E-state index in [2.05, 4.69) is 41.2 Å². The van der Waals surface area contributed by atoms with Crippen LogP contribution in [0, 0.1) is 0 Å². The highest BCUT2D eigenvalue weighted by atomic mass is 35.5. The SMILES string of the molecule is CC(c1nc(CCl)cs1)N1CCC(N(C)C)CC1. The standard InChI is InChI=1S/C13H22ClN3S/c1-10(13-15-11(8-14)9-18-13)17-6-4-12(5-7-17)16(2)3/h9-10,12H,4-8H2,1-3H3. The number of likely N-dealkylation sites (tertiary alicyclic amines) is 1. The van der Waals surface area contributed by atoms with Gasteiger partial charge in [0.15, 0.2) is 0 Å². The van der Waals surface area contributed by atoms with Crippen LogP contribution >= 0.6 is 22.9 Å². The van der Waals surface area contributed by atoms with E-state index in [0.29, 0.717) is 11.9 Å². The Morgan fingerprint density at radius 3 is 2.67 bits per heavy atom. The third-order valence-corrected chi connectivity index (χ3v) is 5.18. The molecule has 102 valence electrons. The van der Waals surface area contributed by atoms with Gasteiger partial charge in [0.25, 0.3) is 0 Å². The molecule has 1 aromatic rings. The van der Waals surface area contributed by atoms with Gasteiger partial charge in [-0.15, -0.1) is 22.9 Å². The summed E-state index contributed by atoms with van der Waals surface area (Å²) in [6, 6.07) is 1.17. The van der Waals surface area contributed by atoms with Crippen LogP contribution in [0.4, 0.5) is 0 Å². The highest BCUT2D eigenvalue weighted by Crippen LogP contribution is 2.27. The van der Waals surface area contributed by atoms with Gasteiger partial charge in [0.05, 0.1) is 17.6 Å². The first-order valence-corrected chi connectivity index (χ1v) is 7.94. The van der Waals surface area contributed by atoms with Gasteiger partial charge >= 0.3 is 0 Å². The summed E-state index contributed by atoms with van der Waals surface area (Å²) in [6.07, 6.45) is 2.51. The minimum atomic E-state index is 0.426. The van der Waals surface area contributed by atoms with Crippen LogP contribution in [-0.4, -0.2) is 48.0 Å². The number of alkyl halides is 1. The van der Waals surface area contributed by atoms with Crippen molar-refractivity contribution >= 4 is 22.9 Å². The normalized spacial score (nSPS) is 20.5. The lowest BCUT2D eigenvalue weighted by atomic mass is 10.0. The Balaban J connectivity index is 1.92. The van der Waals surface area contributed by atoms with Crippen molar-refractivity contribution in [3.8, 4) is 0 Å². The number of piperidine rings is 1. The van der Waals surface area contributed by atoms with Crippen LogP contribution < -0.4 is 0 Å². The van der Waals surface area contributed by atoms with Crippen molar-refractivity contribution in [2.24, 2.45) is 0 Å². The van der Waals surface area contributed by atoms with Crippen LogP contribution in [-0.2, 0) is 5.88 Å². The van der Waals surface area contributed by atoms with Crippen LogP contribution in [0.3, 0.4) is 0 Å². The molecule has 3 nitrogen and oxygen atoms in total. The van der Waals surface area contributed by atoms with E-state index in [1.165, 1.54) is 30.9 Å². The van der Waals surface area contributed by atoms with Gasteiger partial charge in [0, 0.05) is 24.5 Å². The van der Waals surface area contributed by atoms with Gasteiger partial charge in [-0.2, -0.15) is 0 Å². The van der Waals surface area contributed by atoms with Crippen LogP contribution in [0.25, 0.3) is 0 Å². The molecule has 5 heteroatoms. The summed E-state index contributed by atoms with van der Waals surface area (Å²) in [6.45, 7) is 4.59. The molecule has 1 aliphatic heterocycles. The second kappa shape index (κ2) is 6.33. The molecule has 0 spiro atoms. The maximum atomic E-state index is 5.81. The number of thiazole rings is 1. The van der Waals surface area contributed by atoms with Gasteiger partial charge in [-0.1, -0.05) is 0 Å². The molecule has 1 atom stereocenters. The largest absolute Gasteiger partial charge is 0.306 e. The van der Waals surface area contributed by atoms with Gasteiger partial charge in [0.2, 0.25) is 0 Å². The molecule has 0 amide bonds. The van der Waals surface area contributed by atoms with E-state index in [1.807, 2.05) is 0 Å². The summed E-state index contributed by atoms with van der Waals surface area (Å²) >= 11 is 7.55. The zero-order chi connectivity index (χ0) is 13.1. The molecule has 1 saturated heterocycles. The first-order valence-electron chi connectivity index (χ1n) is 6.52. The first-order chi connectivity index (χ1) is 8.61. The topological polar surface area (TPSA) is 19.4 Å². The summed E-state index contributed by atoms with van der Waals surface area (Å²) in [7, 11) is 4.36. The molecule has 0 aromatic carbocycles. The van der Waals surface area contributed by atoms with Crippen molar-refractivity contribution in [2.45, 2.75) is 37.7 Å². The average Bonchev–Trinajstić information content (AvgIpc) is 2.86. The lowest BCUT2D eigenvalue weighted by Gasteiger charge is -2.37. The summed E-state index contributed by atoms with van der Waals surface area (Å²) in [4.78, 5) is 9.48. The highest BCUT2D eigenvalue weighted by Gasteiger charge is 2.25. The number of rotatable bonds is 4. The second-order valence-electron chi connectivity index (χ2n) is 5.22. The van der Waals surface area contributed by atoms with Crippen LogP contribution in [0.1, 0.15) is 36.5 Å². The zero-order valence-electron chi connectivity index (χ0n) is 11.4. The smallest absolute Gasteiger partial charge is 0.110 e. The van der Waals surface area contributed by atoms with E-state index in [1.54, 1.807) is 11.3 Å². The van der Waals surface area contributed by atoms with Gasteiger partial charge in [-0.05, 0) is 33.9 Å². The fourth-order valence-electron chi connectivity index (χ4n) is 2.52. The van der Waals surface area contributed by atoms with E-state index in [9.17, 15) is 0 Å². The summed E-state index contributed by atoms with van der Waals surface area (Å²) < 4.78 is 0. The molecule has 1 aromatic heterocycles. The maximum absolute atomic E-state index is 5.81. The van der Waals surface area contributed by atoms with Crippen LogP contribution in [0.2, 0.25) is 0 Å². The lowest BCUT2D eigenvalue weighted by Crippen LogP contribution is -2.42.